The fourth-order valence-electron chi connectivity index (χ4n) is 2.11. The highest BCUT2D eigenvalue weighted by Crippen LogP contribution is 2.37. The van der Waals surface area contributed by atoms with E-state index >= 15 is 0 Å². The summed E-state index contributed by atoms with van der Waals surface area (Å²) in [5.74, 6) is -0.699. The Balaban J connectivity index is 2.37. The van der Waals surface area contributed by atoms with Crippen LogP contribution in [0.4, 0.5) is 13.2 Å². The minimum atomic E-state index is -5.74. The lowest BCUT2D eigenvalue weighted by molar-refractivity contribution is -0.119. The zero-order valence-corrected chi connectivity index (χ0v) is 12.2. The summed E-state index contributed by atoms with van der Waals surface area (Å²) >= 11 is 0. The van der Waals surface area contributed by atoms with Crippen molar-refractivity contribution in [1.82, 2.24) is 5.32 Å². The zero-order chi connectivity index (χ0) is 16.5. The van der Waals surface area contributed by atoms with Gasteiger partial charge in [0, 0.05) is 12.5 Å². The number of amides is 1. The largest absolute Gasteiger partial charge is 0.534 e. The van der Waals surface area contributed by atoms with Crippen LogP contribution in [0.5, 0.6) is 0 Å². The van der Waals surface area contributed by atoms with Gasteiger partial charge in [-0.2, -0.15) is 21.6 Å². The quantitative estimate of drug-likeness (QED) is 0.680. The van der Waals surface area contributed by atoms with Crippen LogP contribution >= 0.6 is 0 Å². The van der Waals surface area contributed by atoms with Gasteiger partial charge in [0.25, 0.3) is 0 Å². The van der Waals surface area contributed by atoms with E-state index in [1.165, 1.54) is 25.1 Å². The average molecular weight is 335 g/mol. The summed E-state index contributed by atoms with van der Waals surface area (Å²) in [6.45, 7) is 1.31. The number of hydrogen-bond donors (Lipinski definition) is 1. The third kappa shape index (κ3) is 3.24. The van der Waals surface area contributed by atoms with E-state index in [-0.39, 0.29) is 17.9 Å². The molecule has 0 saturated carbocycles. The fraction of sp³-hybridized carbons (Fsp3) is 0.308. The lowest BCUT2D eigenvalue weighted by atomic mass is 9.91. The van der Waals surface area contributed by atoms with E-state index < -0.39 is 27.4 Å². The summed E-state index contributed by atoms with van der Waals surface area (Å²) in [6, 6.07) is 5.74. The Morgan fingerprint density at radius 2 is 1.95 bits per heavy atom. The minimum Gasteiger partial charge on any atom is -0.376 e. The Hall–Kier alpha value is -2.03. The molecule has 0 aromatic heterocycles. The third-order valence-electron chi connectivity index (χ3n) is 3.00. The predicted molar refractivity (Wildman–Crippen MR) is 71.7 cm³/mol. The second kappa shape index (κ2) is 5.64. The van der Waals surface area contributed by atoms with E-state index in [0.29, 0.717) is 5.56 Å². The molecule has 0 radical (unpaired) electrons. The number of hydrogen-bond acceptors (Lipinski definition) is 4. The Labute approximate surface area is 124 Å². The smallest absolute Gasteiger partial charge is 0.376 e. The minimum absolute atomic E-state index is 0.124. The summed E-state index contributed by atoms with van der Waals surface area (Å²) in [6.07, 6.45) is 1.34. The van der Waals surface area contributed by atoms with E-state index in [4.69, 9.17) is 0 Å². The van der Waals surface area contributed by atoms with Crippen molar-refractivity contribution >= 4 is 21.8 Å². The van der Waals surface area contributed by atoms with Gasteiger partial charge in [-0.3, -0.25) is 4.79 Å². The third-order valence-corrected chi connectivity index (χ3v) is 3.97. The van der Waals surface area contributed by atoms with Crippen molar-refractivity contribution in [3.8, 4) is 0 Å². The number of rotatable bonds is 3. The molecule has 0 aliphatic heterocycles. The molecule has 0 saturated heterocycles. The van der Waals surface area contributed by atoms with Gasteiger partial charge < -0.3 is 9.50 Å². The van der Waals surface area contributed by atoms with Crippen molar-refractivity contribution in [2.45, 2.75) is 24.9 Å². The first-order chi connectivity index (χ1) is 10.1. The average Bonchev–Trinajstić information content (AvgIpc) is 2.39. The molecule has 9 heteroatoms. The van der Waals surface area contributed by atoms with Crippen LogP contribution in [0, 0.1) is 0 Å². The van der Waals surface area contributed by atoms with Crippen LogP contribution in [0.15, 0.2) is 30.3 Å². The molecule has 120 valence electrons. The highest BCUT2D eigenvalue weighted by molar-refractivity contribution is 7.87. The first-order valence-electron chi connectivity index (χ1n) is 6.19. The van der Waals surface area contributed by atoms with Crippen LogP contribution in [-0.4, -0.2) is 19.8 Å². The molecule has 0 fully saturated rings. The maximum absolute atomic E-state index is 12.4. The maximum atomic E-state index is 12.4. The standard InChI is InChI=1S/C13H12F3NO4S/c1-8(18)17-11-6-7-12(10-5-3-2-4-9(10)11)21-22(19,20)13(14,15)16/h2-5,7,11H,6H2,1H3,(H,17,18). The number of carbonyl (C=O) groups excluding carboxylic acids is 1. The van der Waals surface area contributed by atoms with E-state index in [1.54, 1.807) is 12.1 Å². The van der Waals surface area contributed by atoms with E-state index in [0.717, 1.165) is 0 Å². The number of carbonyl (C=O) groups is 1. The Morgan fingerprint density at radius 1 is 1.32 bits per heavy atom. The van der Waals surface area contributed by atoms with E-state index in [9.17, 15) is 26.4 Å². The van der Waals surface area contributed by atoms with Crippen molar-refractivity contribution < 1.29 is 30.6 Å². The van der Waals surface area contributed by atoms with Gasteiger partial charge in [-0.15, -0.1) is 0 Å². The van der Waals surface area contributed by atoms with Gasteiger partial charge in [-0.25, -0.2) is 0 Å². The Kier molecular flexibility index (Phi) is 4.19. The Bertz CT molecular complexity index is 725. The van der Waals surface area contributed by atoms with E-state index in [1.807, 2.05) is 0 Å². The summed E-state index contributed by atoms with van der Waals surface area (Å²) in [7, 11) is -5.74. The summed E-state index contributed by atoms with van der Waals surface area (Å²) in [4.78, 5) is 11.2. The molecule has 0 heterocycles. The molecule has 0 spiro atoms. The van der Waals surface area contributed by atoms with Crippen molar-refractivity contribution in [2.24, 2.45) is 0 Å². The zero-order valence-electron chi connectivity index (χ0n) is 11.3. The van der Waals surface area contributed by atoms with Crippen molar-refractivity contribution in [3.05, 3.63) is 41.5 Å². The molecule has 22 heavy (non-hydrogen) atoms. The fourth-order valence-corrected chi connectivity index (χ4v) is 2.60. The number of nitrogens with one attached hydrogen (secondary N) is 1. The van der Waals surface area contributed by atoms with Crippen molar-refractivity contribution in [2.75, 3.05) is 0 Å². The van der Waals surface area contributed by atoms with Gasteiger partial charge in [0.2, 0.25) is 5.91 Å². The van der Waals surface area contributed by atoms with Crippen LogP contribution < -0.4 is 5.32 Å². The second-order valence-electron chi connectivity index (χ2n) is 4.63. The van der Waals surface area contributed by atoms with Gasteiger partial charge in [0.1, 0.15) is 5.76 Å². The van der Waals surface area contributed by atoms with Crippen LogP contribution in [0.3, 0.4) is 0 Å². The molecule has 1 N–H and O–H groups in total. The topological polar surface area (TPSA) is 72.5 Å². The first-order valence-corrected chi connectivity index (χ1v) is 7.60. The summed E-state index contributed by atoms with van der Waals surface area (Å²) in [5.41, 5.74) is -4.81. The number of halogens is 3. The molecule has 1 aromatic carbocycles. The lowest BCUT2D eigenvalue weighted by Crippen LogP contribution is -2.29. The molecule has 0 bridgehead atoms. The molecule has 5 nitrogen and oxygen atoms in total. The maximum Gasteiger partial charge on any atom is 0.534 e. The van der Waals surface area contributed by atoms with Crippen LogP contribution in [0.1, 0.15) is 30.5 Å². The molecule has 1 atom stereocenters. The van der Waals surface area contributed by atoms with Gasteiger partial charge in [0.15, 0.2) is 0 Å². The highest BCUT2D eigenvalue weighted by Gasteiger charge is 2.49. The van der Waals surface area contributed by atoms with Crippen molar-refractivity contribution in [1.29, 1.82) is 0 Å². The Morgan fingerprint density at radius 3 is 2.55 bits per heavy atom. The molecule has 2 rings (SSSR count). The molecule has 1 aliphatic carbocycles. The van der Waals surface area contributed by atoms with Gasteiger partial charge in [-0.05, 0) is 18.1 Å². The van der Waals surface area contributed by atoms with Crippen LogP contribution in [0.2, 0.25) is 0 Å². The normalized spacial score (nSPS) is 18.2. The molecule has 1 amide bonds. The lowest BCUT2D eigenvalue weighted by Gasteiger charge is -2.25. The van der Waals surface area contributed by atoms with Gasteiger partial charge in [-0.1, -0.05) is 24.3 Å². The number of fused-ring (bicyclic) bond motifs is 1. The molecule has 1 aromatic rings. The number of benzene rings is 1. The first kappa shape index (κ1) is 16.3. The molecule has 1 aliphatic rings. The molecular weight excluding hydrogens is 323 g/mol. The van der Waals surface area contributed by atoms with Crippen LogP contribution in [-0.2, 0) is 19.1 Å². The van der Waals surface area contributed by atoms with Gasteiger partial charge >= 0.3 is 15.6 Å². The molecular formula is C13H12F3NO4S. The molecule has 1 unspecified atom stereocenters. The number of alkyl halides is 3. The summed E-state index contributed by atoms with van der Waals surface area (Å²) in [5, 5.41) is 2.64. The summed E-state index contributed by atoms with van der Waals surface area (Å²) < 4.78 is 63.7. The van der Waals surface area contributed by atoms with Gasteiger partial charge in [0.05, 0.1) is 6.04 Å². The predicted octanol–water partition coefficient (Wildman–Crippen LogP) is 2.47. The highest BCUT2D eigenvalue weighted by atomic mass is 32.2. The monoisotopic (exact) mass is 335 g/mol. The van der Waals surface area contributed by atoms with Crippen molar-refractivity contribution in [3.63, 3.8) is 0 Å². The van der Waals surface area contributed by atoms with E-state index in [2.05, 4.69) is 9.50 Å². The van der Waals surface area contributed by atoms with Crippen LogP contribution in [0.25, 0.3) is 5.76 Å². The second-order valence-corrected chi connectivity index (χ2v) is 6.17. The SMILES string of the molecule is CC(=O)NC1CC=C(OS(=O)(=O)C(F)(F)F)c2ccccc21.